The Hall–Kier alpha value is -0.670. The molecular weight excluding hydrogens is 240 g/mol. The lowest BCUT2D eigenvalue weighted by molar-refractivity contribution is 0.669. The molecule has 1 aromatic carbocycles. The first kappa shape index (κ1) is 13.4. The van der Waals surface area contributed by atoms with Gasteiger partial charge < -0.3 is 4.31 Å². The standard InChI is InChI=1S/C12H17ClN2S/c1-4-7-15(16-3)9-14-12-6-5-11(13)8-10(12)2/h5-6,8-9H,4,7H2,1-3H3. The maximum Gasteiger partial charge on any atom is 0.101 e. The quantitative estimate of drug-likeness (QED) is 0.444. The highest BCUT2D eigenvalue weighted by Gasteiger charge is 1.98. The molecule has 88 valence electrons. The van der Waals surface area contributed by atoms with Gasteiger partial charge in [0.2, 0.25) is 0 Å². The Kier molecular flexibility index (Phi) is 5.71. The molecule has 0 aliphatic carbocycles. The van der Waals surface area contributed by atoms with Crippen LogP contribution in [0.2, 0.25) is 5.02 Å². The molecule has 0 aliphatic heterocycles. The summed E-state index contributed by atoms with van der Waals surface area (Å²) < 4.78 is 2.12. The molecule has 0 saturated heterocycles. The molecule has 1 aromatic rings. The first-order chi connectivity index (χ1) is 7.67. The third-order valence-corrected chi connectivity index (χ3v) is 3.14. The van der Waals surface area contributed by atoms with Gasteiger partial charge in [0.25, 0.3) is 0 Å². The Morgan fingerprint density at radius 2 is 2.25 bits per heavy atom. The van der Waals surface area contributed by atoms with Gasteiger partial charge in [0.05, 0.1) is 5.69 Å². The average Bonchev–Trinajstić information content (AvgIpc) is 2.26. The summed E-state index contributed by atoms with van der Waals surface area (Å²) in [4.78, 5) is 4.46. The van der Waals surface area contributed by atoms with Crippen molar-refractivity contribution in [3.05, 3.63) is 28.8 Å². The molecule has 0 unspecified atom stereocenters. The molecule has 4 heteroatoms. The number of hydrogen-bond acceptors (Lipinski definition) is 2. The predicted molar refractivity (Wildman–Crippen MR) is 74.9 cm³/mol. The highest BCUT2D eigenvalue weighted by atomic mass is 35.5. The van der Waals surface area contributed by atoms with E-state index in [0.29, 0.717) is 0 Å². The van der Waals surface area contributed by atoms with Crippen LogP contribution in [0.15, 0.2) is 23.2 Å². The largest absolute Gasteiger partial charge is 0.307 e. The molecular formula is C12H17ClN2S. The van der Waals surface area contributed by atoms with E-state index in [9.17, 15) is 0 Å². The lowest BCUT2D eigenvalue weighted by Gasteiger charge is -2.14. The normalized spacial score (nSPS) is 11.0. The van der Waals surface area contributed by atoms with Gasteiger partial charge in [-0.2, -0.15) is 0 Å². The third-order valence-electron chi connectivity index (χ3n) is 2.16. The summed E-state index contributed by atoms with van der Waals surface area (Å²) in [5.41, 5.74) is 2.07. The van der Waals surface area contributed by atoms with Gasteiger partial charge >= 0.3 is 0 Å². The minimum atomic E-state index is 0.756. The van der Waals surface area contributed by atoms with Crippen molar-refractivity contribution in [2.75, 3.05) is 12.8 Å². The van der Waals surface area contributed by atoms with Crippen molar-refractivity contribution >= 4 is 35.6 Å². The van der Waals surface area contributed by atoms with E-state index < -0.39 is 0 Å². The van der Waals surface area contributed by atoms with Crippen molar-refractivity contribution in [2.24, 2.45) is 4.99 Å². The number of hydrogen-bond donors (Lipinski definition) is 0. The average molecular weight is 257 g/mol. The zero-order valence-corrected chi connectivity index (χ0v) is 11.5. The predicted octanol–water partition coefficient (Wildman–Crippen LogP) is 4.30. The number of benzene rings is 1. The Morgan fingerprint density at radius 3 is 2.81 bits per heavy atom. The molecule has 0 radical (unpaired) electrons. The number of aliphatic imine (C=N–C) groups is 1. The molecule has 0 amide bonds. The number of rotatable bonds is 5. The first-order valence-electron chi connectivity index (χ1n) is 5.28. The summed E-state index contributed by atoms with van der Waals surface area (Å²) in [5, 5.41) is 0.756. The number of aryl methyl sites for hydroxylation is 1. The van der Waals surface area contributed by atoms with Gasteiger partial charge in [-0.05, 0) is 37.1 Å². The van der Waals surface area contributed by atoms with E-state index in [4.69, 9.17) is 11.6 Å². The lowest BCUT2D eigenvalue weighted by atomic mass is 10.2. The zero-order chi connectivity index (χ0) is 12.0. The molecule has 0 atom stereocenters. The summed E-state index contributed by atoms with van der Waals surface area (Å²) in [6.45, 7) is 5.18. The fourth-order valence-electron chi connectivity index (χ4n) is 1.31. The molecule has 0 aliphatic rings. The van der Waals surface area contributed by atoms with E-state index in [1.807, 2.05) is 31.5 Å². The summed E-state index contributed by atoms with van der Waals surface area (Å²) in [6.07, 6.45) is 5.05. The molecule has 0 N–H and O–H groups in total. The second-order valence-corrected chi connectivity index (χ2v) is 4.77. The monoisotopic (exact) mass is 256 g/mol. The van der Waals surface area contributed by atoms with Crippen LogP contribution < -0.4 is 0 Å². The van der Waals surface area contributed by atoms with Gasteiger partial charge in [-0.1, -0.05) is 30.5 Å². The van der Waals surface area contributed by atoms with E-state index >= 15 is 0 Å². The number of nitrogens with zero attached hydrogens (tertiary/aromatic N) is 2. The number of halogens is 1. The van der Waals surface area contributed by atoms with Gasteiger partial charge in [0.15, 0.2) is 0 Å². The van der Waals surface area contributed by atoms with Crippen LogP contribution in [0.4, 0.5) is 5.69 Å². The van der Waals surface area contributed by atoms with Gasteiger partial charge in [0, 0.05) is 17.8 Å². The summed E-state index contributed by atoms with van der Waals surface area (Å²) >= 11 is 7.57. The van der Waals surface area contributed by atoms with Crippen LogP contribution in [-0.4, -0.2) is 23.4 Å². The van der Waals surface area contributed by atoms with Crippen LogP contribution in [0, 0.1) is 6.92 Å². The van der Waals surface area contributed by atoms with Gasteiger partial charge in [0.1, 0.15) is 6.34 Å². The van der Waals surface area contributed by atoms with Crippen LogP contribution in [0.1, 0.15) is 18.9 Å². The molecule has 0 spiro atoms. The van der Waals surface area contributed by atoms with Crippen molar-refractivity contribution in [1.29, 1.82) is 0 Å². The summed E-state index contributed by atoms with van der Waals surface area (Å²) in [7, 11) is 0. The van der Waals surface area contributed by atoms with E-state index in [0.717, 1.165) is 29.2 Å². The van der Waals surface area contributed by atoms with Crippen LogP contribution in [0.5, 0.6) is 0 Å². The van der Waals surface area contributed by atoms with Crippen molar-refractivity contribution in [3.63, 3.8) is 0 Å². The summed E-state index contributed by atoms with van der Waals surface area (Å²) in [6, 6.07) is 5.74. The van der Waals surface area contributed by atoms with Crippen LogP contribution in [0.25, 0.3) is 0 Å². The van der Waals surface area contributed by atoms with Crippen LogP contribution in [0.3, 0.4) is 0 Å². The van der Waals surface area contributed by atoms with Gasteiger partial charge in [-0.15, -0.1) is 0 Å². The fourth-order valence-corrected chi connectivity index (χ4v) is 2.04. The Labute approximate surface area is 107 Å². The van der Waals surface area contributed by atoms with Crippen LogP contribution >= 0.6 is 23.5 Å². The Morgan fingerprint density at radius 1 is 1.50 bits per heavy atom. The fraction of sp³-hybridized carbons (Fsp3) is 0.417. The molecule has 0 bridgehead atoms. The molecule has 0 heterocycles. The van der Waals surface area contributed by atoms with E-state index in [1.165, 1.54) is 0 Å². The minimum Gasteiger partial charge on any atom is -0.307 e. The molecule has 1 rings (SSSR count). The highest BCUT2D eigenvalue weighted by molar-refractivity contribution is 7.96. The van der Waals surface area contributed by atoms with Crippen LogP contribution in [-0.2, 0) is 0 Å². The highest BCUT2D eigenvalue weighted by Crippen LogP contribution is 2.22. The van der Waals surface area contributed by atoms with E-state index in [-0.39, 0.29) is 0 Å². The molecule has 0 saturated carbocycles. The Balaban J connectivity index is 2.74. The smallest absolute Gasteiger partial charge is 0.101 e. The minimum absolute atomic E-state index is 0.756. The van der Waals surface area contributed by atoms with Crippen molar-refractivity contribution in [3.8, 4) is 0 Å². The molecule has 0 aromatic heterocycles. The molecule has 0 fully saturated rings. The third kappa shape index (κ3) is 4.06. The lowest BCUT2D eigenvalue weighted by Crippen LogP contribution is -2.13. The van der Waals surface area contributed by atoms with Crippen molar-refractivity contribution < 1.29 is 0 Å². The maximum atomic E-state index is 5.89. The summed E-state index contributed by atoms with van der Waals surface area (Å²) in [5.74, 6) is 0. The first-order valence-corrected chi connectivity index (χ1v) is 6.84. The van der Waals surface area contributed by atoms with E-state index in [1.54, 1.807) is 11.9 Å². The Bertz CT molecular complexity index is 366. The zero-order valence-electron chi connectivity index (χ0n) is 9.90. The molecule has 2 nitrogen and oxygen atoms in total. The molecule has 16 heavy (non-hydrogen) atoms. The van der Waals surface area contributed by atoms with Gasteiger partial charge in [-0.3, -0.25) is 0 Å². The SMILES string of the molecule is CCCN(C=Nc1ccc(Cl)cc1C)SC. The topological polar surface area (TPSA) is 15.6 Å². The maximum absolute atomic E-state index is 5.89. The second-order valence-electron chi connectivity index (χ2n) is 3.50. The van der Waals surface area contributed by atoms with Gasteiger partial charge in [-0.25, -0.2) is 4.99 Å². The van der Waals surface area contributed by atoms with E-state index in [2.05, 4.69) is 22.5 Å². The van der Waals surface area contributed by atoms with Crippen molar-refractivity contribution in [2.45, 2.75) is 20.3 Å². The second kappa shape index (κ2) is 6.81. The van der Waals surface area contributed by atoms with Crippen molar-refractivity contribution in [1.82, 2.24) is 4.31 Å².